The van der Waals surface area contributed by atoms with E-state index in [0.29, 0.717) is 23.3 Å². The van der Waals surface area contributed by atoms with Gasteiger partial charge in [-0.05, 0) is 50.2 Å². The highest BCUT2D eigenvalue weighted by atomic mass is 19.4. The molecule has 0 radical (unpaired) electrons. The first-order valence-corrected chi connectivity index (χ1v) is 9.43. The number of hydrogen-bond donors (Lipinski definition) is 0. The highest BCUT2D eigenvalue weighted by Crippen LogP contribution is 2.40. The lowest BCUT2D eigenvalue weighted by Gasteiger charge is -2.16. The molecule has 0 nitrogen and oxygen atoms in total. The van der Waals surface area contributed by atoms with E-state index < -0.39 is 34.6 Å². The number of halogens is 6. The van der Waals surface area contributed by atoms with Gasteiger partial charge in [-0.1, -0.05) is 59.1 Å². The third kappa shape index (κ3) is 5.74. The van der Waals surface area contributed by atoms with Crippen molar-refractivity contribution in [3.8, 4) is 23.7 Å². The molecule has 0 spiro atoms. The molecule has 0 fully saturated rings. The minimum atomic E-state index is -5.04. The number of rotatable bonds is 0. The molecule has 0 aliphatic heterocycles. The smallest absolute Gasteiger partial charge is 0.166 e. The van der Waals surface area contributed by atoms with Crippen molar-refractivity contribution in [2.75, 3.05) is 0 Å². The topological polar surface area (TPSA) is 0 Å². The predicted octanol–water partition coefficient (Wildman–Crippen LogP) is 7.14. The Morgan fingerprint density at radius 3 is 1.22 bits per heavy atom. The van der Waals surface area contributed by atoms with Gasteiger partial charge in [0.1, 0.15) is 0 Å². The molecule has 6 heteroatoms. The molecule has 0 unspecified atom stereocenters. The molecule has 3 aromatic rings. The molecular weight excluding hydrogens is 426 g/mol. The summed E-state index contributed by atoms with van der Waals surface area (Å²) in [7, 11) is 0. The van der Waals surface area contributed by atoms with E-state index in [9.17, 15) is 26.3 Å². The molecule has 0 N–H and O–H groups in total. The second-order valence-electron chi connectivity index (χ2n) is 7.17. The van der Waals surface area contributed by atoms with Crippen LogP contribution in [0.2, 0.25) is 0 Å². The van der Waals surface area contributed by atoms with Gasteiger partial charge in [0.25, 0.3) is 0 Å². The maximum absolute atomic E-state index is 13.7. The summed E-state index contributed by atoms with van der Waals surface area (Å²) in [5.74, 6) is 9.53. The fourth-order valence-electron chi connectivity index (χ4n) is 2.85. The molecule has 162 valence electrons. The van der Waals surface area contributed by atoms with Crippen molar-refractivity contribution in [1.29, 1.82) is 0 Å². The zero-order chi connectivity index (χ0) is 23.5. The summed E-state index contributed by atoms with van der Waals surface area (Å²) < 4.78 is 82.2. The second kappa shape index (κ2) is 8.85. The van der Waals surface area contributed by atoms with Gasteiger partial charge in [-0.15, -0.1) is 0 Å². The fraction of sp³-hybridized carbons (Fsp3) is 0.154. The Kier molecular flexibility index (Phi) is 6.37. The van der Waals surface area contributed by atoms with E-state index in [2.05, 4.69) is 23.7 Å². The zero-order valence-corrected chi connectivity index (χ0v) is 17.0. The van der Waals surface area contributed by atoms with Crippen molar-refractivity contribution in [2.45, 2.75) is 26.2 Å². The second-order valence-corrected chi connectivity index (χ2v) is 7.17. The summed E-state index contributed by atoms with van der Waals surface area (Å²) in [6, 6.07) is 14.4. The first-order valence-electron chi connectivity index (χ1n) is 9.43. The van der Waals surface area contributed by atoms with E-state index in [1.54, 1.807) is 43.3 Å². The first kappa shape index (κ1) is 23.0. The van der Waals surface area contributed by atoms with Crippen LogP contribution in [0.15, 0.2) is 60.7 Å². The van der Waals surface area contributed by atoms with Gasteiger partial charge < -0.3 is 0 Å². The Morgan fingerprint density at radius 1 is 0.500 bits per heavy atom. The van der Waals surface area contributed by atoms with Crippen molar-refractivity contribution >= 4 is 0 Å². The van der Waals surface area contributed by atoms with Crippen LogP contribution >= 0.6 is 0 Å². The zero-order valence-electron chi connectivity index (χ0n) is 17.0. The van der Waals surface area contributed by atoms with Crippen LogP contribution in [0.5, 0.6) is 0 Å². The van der Waals surface area contributed by atoms with Crippen LogP contribution in [0.3, 0.4) is 0 Å². The third-order valence-electron chi connectivity index (χ3n) is 4.54. The van der Waals surface area contributed by atoms with Crippen molar-refractivity contribution in [3.05, 3.63) is 105 Å². The molecule has 0 atom stereocenters. The average Bonchev–Trinajstić information content (AvgIpc) is 2.71. The normalized spacial score (nSPS) is 11.2. The van der Waals surface area contributed by atoms with E-state index in [4.69, 9.17) is 0 Å². The monoisotopic (exact) mass is 442 g/mol. The van der Waals surface area contributed by atoms with Crippen LogP contribution in [0.25, 0.3) is 0 Å². The minimum Gasteiger partial charge on any atom is -0.166 e. The quantitative estimate of drug-likeness (QED) is 0.256. The molecule has 3 aromatic carbocycles. The first-order chi connectivity index (χ1) is 14.9. The minimum absolute atomic E-state index is 0.306. The SMILES string of the molecule is Cc1ccc(C#Cc2cc(C(F)(F)F)c(C#Cc3ccc(C)cc3)c(C(F)(F)F)c2)cc1. The van der Waals surface area contributed by atoms with Crippen molar-refractivity contribution in [1.82, 2.24) is 0 Å². The molecule has 0 aliphatic rings. The summed E-state index contributed by atoms with van der Waals surface area (Å²) in [6.07, 6.45) is -10.1. The molecule has 0 saturated heterocycles. The van der Waals surface area contributed by atoms with Gasteiger partial charge >= 0.3 is 12.4 Å². The van der Waals surface area contributed by atoms with Crippen LogP contribution in [-0.4, -0.2) is 0 Å². The summed E-state index contributed by atoms with van der Waals surface area (Å²) in [4.78, 5) is 0. The van der Waals surface area contributed by atoms with Gasteiger partial charge in [-0.25, -0.2) is 0 Å². The van der Waals surface area contributed by atoms with E-state index >= 15 is 0 Å². The predicted molar refractivity (Wildman–Crippen MR) is 111 cm³/mol. The van der Waals surface area contributed by atoms with Crippen LogP contribution in [0, 0.1) is 37.5 Å². The van der Waals surface area contributed by atoms with Crippen LogP contribution in [0.4, 0.5) is 26.3 Å². The molecule has 0 amide bonds. The number of alkyl halides is 6. The lowest BCUT2D eigenvalue weighted by atomic mass is 9.96. The number of benzene rings is 3. The van der Waals surface area contributed by atoms with Crippen molar-refractivity contribution in [3.63, 3.8) is 0 Å². The van der Waals surface area contributed by atoms with E-state index in [1.807, 2.05) is 6.92 Å². The molecule has 0 saturated carbocycles. The highest BCUT2D eigenvalue weighted by Gasteiger charge is 2.41. The Labute approximate surface area is 181 Å². The van der Waals surface area contributed by atoms with E-state index in [1.165, 1.54) is 12.1 Å². The Morgan fingerprint density at radius 2 is 0.844 bits per heavy atom. The van der Waals surface area contributed by atoms with Crippen molar-refractivity contribution < 1.29 is 26.3 Å². The van der Waals surface area contributed by atoms with Crippen LogP contribution in [-0.2, 0) is 12.4 Å². The maximum Gasteiger partial charge on any atom is 0.417 e. The number of hydrogen-bond acceptors (Lipinski definition) is 0. The van der Waals surface area contributed by atoms with E-state index in [0.717, 1.165) is 11.1 Å². The number of aryl methyl sites for hydroxylation is 2. The van der Waals surface area contributed by atoms with Crippen LogP contribution in [0.1, 0.15) is 44.5 Å². The van der Waals surface area contributed by atoms with Crippen LogP contribution < -0.4 is 0 Å². The Balaban J connectivity index is 2.18. The van der Waals surface area contributed by atoms with Gasteiger partial charge in [0, 0.05) is 22.3 Å². The fourth-order valence-corrected chi connectivity index (χ4v) is 2.85. The third-order valence-corrected chi connectivity index (χ3v) is 4.54. The van der Waals surface area contributed by atoms with Gasteiger partial charge in [-0.2, -0.15) is 26.3 Å². The summed E-state index contributed by atoms with van der Waals surface area (Å²) in [5.41, 5.74) is -1.84. The Hall–Kier alpha value is -3.64. The van der Waals surface area contributed by atoms with Gasteiger partial charge in [0.2, 0.25) is 0 Å². The van der Waals surface area contributed by atoms with E-state index in [-0.39, 0.29) is 0 Å². The van der Waals surface area contributed by atoms with Crippen molar-refractivity contribution in [2.24, 2.45) is 0 Å². The standard InChI is InChI=1S/C26H16F6/c1-17-3-7-19(8-4-17)11-12-21-15-23(25(27,28)29)22(24(16-21)26(30,31)32)14-13-20-9-5-18(2)6-10-20/h3-10,15-16H,1-2H3. The molecular formula is C26H16F6. The average molecular weight is 442 g/mol. The lowest BCUT2D eigenvalue weighted by Crippen LogP contribution is -2.16. The molecule has 0 heterocycles. The maximum atomic E-state index is 13.7. The largest absolute Gasteiger partial charge is 0.417 e. The Bertz CT molecular complexity index is 1200. The molecule has 0 bridgehead atoms. The molecule has 0 aromatic heterocycles. The summed E-state index contributed by atoms with van der Waals surface area (Å²) >= 11 is 0. The van der Waals surface area contributed by atoms with Gasteiger partial charge in [0.15, 0.2) is 0 Å². The molecule has 3 rings (SSSR count). The highest BCUT2D eigenvalue weighted by molar-refractivity contribution is 5.57. The van der Waals surface area contributed by atoms with Gasteiger partial charge in [0.05, 0.1) is 11.1 Å². The summed E-state index contributed by atoms with van der Waals surface area (Å²) in [6.45, 7) is 3.65. The van der Waals surface area contributed by atoms with Gasteiger partial charge in [-0.3, -0.25) is 0 Å². The molecule has 32 heavy (non-hydrogen) atoms. The molecule has 0 aliphatic carbocycles. The summed E-state index contributed by atoms with van der Waals surface area (Å²) in [5, 5.41) is 0. The lowest BCUT2D eigenvalue weighted by molar-refractivity contribution is -0.143.